The molecule has 1 aromatic heterocycles. The van der Waals surface area contributed by atoms with E-state index in [0.717, 1.165) is 12.3 Å². The Balaban J connectivity index is 3.08. The fourth-order valence-corrected chi connectivity index (χ4v) is 0.959. The first-order valence-electron chi connectivity index (χ1n) is 3.57. The standard InChI is InChI=1S/C8H6F3NO2/c1-14-7(8(9,10)11)6-4-2-3-5-12(6)13/h1-5,7H. The minimum Gasteiger partial charge on any atom is -0.618 e. The normalized spacial score (nSPS) is 14.0. The van der Waals surface area contributed by atoms with E-state index in [2.05, 4.69) is 11.8 Å². The molecule has 14 heavy (non-hydrogen) atoms. The van der Waals surface area contributed by atoms with Gasteiger partial charge in [-0.1, -0.05) is 0 Å². The molecule has 0 saturated carbocycles. The van der Waals surface area contributed by atoms with Crippen LogP contribution in [-0.2, 0) is 4.74 Å². The van der Waals surface area contributed by atoms with Crippen LogP contribution in [-0.4, -0.2) is 6.18 Å². The highest BCUT2D eigenvalue weighted by molar-refractivity contribution is 5.03. The van der Waals surface area contributed by atoms with E-state index in [1.807, 2.05) is 0 Å². The van der Waals surface area contributed by atoms with Crippen molar-refractivity contribution in [2.24, 2.45) is 0 Å². The Morgan fingerprint density at radius 3 is 2.50 bits per heavy atom. The van der Waals surface area contributed by atoms with E-state index in [1.165, 1.54) is 12.1 Å². The van der Waals surface area contributed by atoms with Crippen molar-refractivity contribution in [1.29, 1.82) is 0 Å². The monoisotopic (exact) mass is 205 g/mol. The number of halogens is 3. The van der Waals surface area contributed by atoms with E-state index < -0.39 is 18.0 Å². The number of pyridine rings is 1. The summed E-state index contributed by atoms with van der Waals surface area (Å²) in [6.07, 6.45) is -6.17. The summed E-state index contributed by atoms with van der Waals surface area (Å²) in [4.78, 5) is 0. The number of rotatable bonds is 2. The SMILES string of the molecule is [CH]OC(c1cccc[n+]1[O-])C(F)(F)F. The maximum Gasteiger partial charge on any atom is 0.424 e. The molecule has 0 aliphatic rings. The first-order valence-corrected chi connectivity index (χ1v) is 3.57. The fourth-order valence-electron chi connectivity index (χ4n) is 0.959. The zero-order valence-electron chi connectivity index (χ0n) is 6.86. The van der Waals surface area contributed by atoms with Gasteiger partial charge in [0.1, 0.15) is 7.11 Å². The summed E-state index contributed by atoms with van der Waals surface area (Å²) in [7, 11) is 4.49. The quantitative estimate of drug-likeness (QED) is 0.543. The molecule has 3 nitrogen and oxygen atoms in total. The highest BCUT2D eigenvalue weighted by Crippen LogP contribution is 2.33. The molecular formula is C8H6F3NO2. The van der Waals surface area contributed by atoms with Gasteiger partial charge in [-0.2, -0.15) is 17.9 Å². The average Bonchev–Trinajstić information content (AvgIpc) is 2.07. The van der Waals surface area contributed by atoms with Crippen molar-refractivity contribution < 1.29 is 22.6 Å². The summed E-state index contributed by atoms with van der Waals surface area (Å²) >= 11 is 0. The number of hydrogen-bond donors (Lipinski definition) is 0. The van der Waals surface area contributed by atoms with Gasteiger partial charge < -0.3 is 9.94 Å². The van der Waals surface area contributed by atoms with Crippen LogP contribution in [0.15, 0.2) is 24.4 Å². The van der Waals surface area contributed by atoms with Gasteiger partial charge in [0.15, 0.2) is 6.20 Å². The Labute approximate surface area is 78.3 Å². The van der Waals surface area contributed by atoms with Crippen LogP contribution in [0.5, 0.6) is 0 Å². The minimum atomic E-state index is -4.71. The van der Waals surface area contributed by atoms with Gasteiger partial charge in [0, 0.05) is 12.1 Å². The molecule has 0 N–H and O–H groups in total. The van der Waals surface area contributed by atoms with Crippen molar-refractivity contribution in [1.82, 2.24) is 0 Å². The topological polar surface area (TPSA) is 36.2 Å². The van der Waals surface area contributed by atoms with Crippen molar-refractivity contribution in [2.45, 2.75) is 12.3 Å². The van der Waals surface area contributed by atoms with Gasteiger partial charge in [-0.3, -0.25) is 0 Å². The van der Waals surface area contributed by atoms with E-state index in [4.69, 9.17) is 0 Å². The molecule has 1 aromatic rings. The minimum absolute atomic E-state index is 0.0605. The third kappa shape index (κ3) is 2.14. The number of alkyl halides is 3. The largest absolute Gasteiger partial charge is 0.618 e. The molecule has 1 atom stereocenters. The maximum atomic E-state index is 12.2. The van der Waals surface area contributed by atoms with E-state index >= 15 is 0 Å². The number of ether oxygens (including phenoxy) is 1. The molecular weight excluding hydrogens is 199 g/mol. The van der Waals surface area contributed by atoms with Crippen LogP contribution in [0.4, 0.5) is 13.2 Å². The second-order valence-electron chi connectivity index (χ2n) is 2.51. The van der Waals surface area contributed by atoms with Gasteiger partial charge in [-0.15, -0.1) is 0 Å². The summed E-state index contributed by atoms with van der Waals surface area (Å²) in [5.74, 6) is 0. The Morgan fingerprint density at radius 1 is 1.43 bits per heavy atom. The van der Waals surface area contributed by atoms with Crippen LogP contribution in [0.2, 0.25) is 0 Å². The van der Waals surface area contributed by atoms with E-state index in [9.17, 15) is 18.4 Å². The van der Waals surface area contributed by atoms with E-state index in [0.29, 0.717) is 0 Å². The number of hydrogen-bond acceptors (Lipinski definition) is 2. The predicted octanol–water partition coefficient (Wildman–Crippen LogP) is 1.61. The lowest BCUT2D eigenvalue weighted by molar-refractivity contribution is -0.621. The maximum absolute atomic E-state index is 12.2. The molecule has 0 fully saturated rings. The third-order valence-corrected chi connectivity index (χ3v) is 1.56. The molecule has 2 radical (unpaired) electrons. The van der Waals surface area contributed by atoms with Crippen LogP contribution >= 0.6 is 0 Å². The summed E-state index contributed by atoms with van der Waals surface area (Å²) in [6.45, 7) is 0. The highest BCUT2D eigenvalue weighted by Gasteiger charge is 2.45. The highest BCUT2D eigenvalue weighted by atomic mass is 19.4. The Kier molecular flexibility index (Phi) is 2.95. The van der Waals surface area contributed by atoms with Crippen LogP contribution in [0.3, 0.4) is 0 Å². The molecule has 0 saturated heterocycles. The van der Waals surface area contributed by atoms with E-state index in [-0.39, 0.29) is 4.73 Å². The molecule has 0 spiro atoms. The van der Waals surface area contributed by atoms with Gasteiger partial charge in [-0.25, -0.2) is 0 Å². The van der Waals surface area contributed by atoms with Crippen molar-refractivity contribution in [3.8, 4) is 0 Å². The van der Waals surface area contributed by atoms with Gasteiger partial charge in [0.2, 0.25) is 11.8 Å². The van der Waals surface area contributed by atoms with Gasteiger partial charge in [0.25, 0.3) is 0 Å². The van der Waals surface area contributed by atoms with Gasteiger partial charge in [-0.05, 0) is 6.07 Å². The summed E-state index contributed by atoms with van der Waals surface area (Å²) in [5.41, 5.74) is -0.595. The zero-order chi connectivity index (χ0) is 10.8. The molecule has 1 unspecified atom stereocenters. The van der Waals surface area contributed by atoms with Crippen LogP contribution < -0.4 is 4.73 Å². The average molecular weight is 205 g/mol. The van der Waals surface area contributed by atoms with Crippen molar-refractivity contribution >= 4 is 0 Å². The van der Waals surface area contributed by atoms with Crippen LogP contribution in [0.25, 0.3) is 0 Å². The molecule has 0 bridgehead atoms. The van der Waals surface area contributed by atoms with Crippen LogP contribution in [0.1, 0.15) is 11.8 Å². The molecule has 0 aliphatic carbocycles. The number of nitrogens with zero attached hydrogens (tertiary/aromatic N) is 1. The smallest absolute Gasteiger partial charge is 0.424 e. The van der Waals surface area contributed by atoms with Crippen molar-refractivity contribution in [3.05, 3.63) is 42.4 Å². The molecule has 1 heterocycles. The van der Waals surface area contributed by atoms with Crippen molar-refractivity contribution in [2.75, 3.05) is 0 Å². The molecule has 6 heteroatoms. The van der Waals surface area contributed by atoms with Crippen molar-refractivity contribution in [3.63, 3.8) is 0 Å². The Morgan fingerprint density at radius 2 is 2.07 bits per heavy atom. The third-order valence-electron chi connectivity index (χ3n) is 1.56. The lowest BCUT2D eigenvalue weighted by atomic mass is 10.2. The van der Waals surface area contributed by atoms with Crippen LogP contribution in [0, 0.1) is 12.3 Å². The number of aromatic nitrogens is 1. The summed E-state index contributed by atoms with van der Waals surface area (Å²) < 4.78 is 40.5. The fraction of sp³-hybridized carbons (Fsp3) is 0.250. The molecule has 0 aliphatic heterocycles. The Hall–Kier alpha value is -1.30. The lowest BCUT2D eigenvalue weighted by Crippen LogP contribution is -2.37. The second-order valence-corrected chi connectivity index (χ2v) is 2.51. The lowest BCUT2D eigenvalue weighted by Gasteiger charge is -2.16. The molecule has 0 amide bonds. The predicted molar refractivity (Wildman–Crippen MR) is 39.6 cm³/mol. The Bertz CT molecular complexity index is 314. The second kappa shape index (κ2) is 3.83. The van der Waals surface area contributed by atoms with Gasteiger partial charge >= 0.3 is 6.18 Å². The molecule has 76 valence electrons. The van der Waals surface area contributed by atoms with E-state index in [1.54, 1.807) is 0 Å². The zero-order valence-corrected chi connectivity index (χ0v) is 6.86. The summed E-state index contributed by atoms with van der Waals surface area (Å²) in [6, 6.07) is 3.60. The first-order chi connectivity index (χ1) is 6.46. The summed E-state index contributed by atoms with van der Waals surface area (Å²) in [5, 5.41) is 10.9. The molecule has 0 aromatic carbocycles. The molecule has 1 rings (SSSR count). The first kappa shape index (κ1) is 10.8. The van der Waals surface area contributed by atoms with Gasteiger partial charge in [0.05, 0.1) is 0 Å².